The van der Waals surface area contributed by atoms with Gasteiger partial charge in [-0.05, 0) is 74.4 Å². The van der Waals surface area contributed by atoms with Gasteiger partial charge in [0.2, 0.25) is 0 Å². The highest BCUT2D eigenvalue weighted by atomic mass is 35.5. The summed E-state index contributed by atoms with van der Waals surface area (Å²) in [6.45, 7) is 10.8. The molecule has 4 rings (SSSR count). The summed E-state index contributed by atoms with van der Waals surface area (Å²) in [6, 6.07) is 9.70. The van der Waals surface area contributed by atoms with Crippen LogP contribution in [-0.4, -0.2) is 38.9 Å². The summed E-state index contributed by atoms with van der Waals surface area (Å²) < 4.78 is 5.73. The summed E-state index contributed by atoms with van der Waals surface area (Å²) in [6.07, 6.45) is 0.703. The lowest BCUT2D eigenvalue weighted by Gasteiger charge is -2.37. The van der Waals surface area contributed by atoms with Crippen LogP contribution in [0, 0.1) is 12.8 Å². The largest absolute Gasteiger partial charge is 0.489 e. The molecule has 1 atom stereocenters. The van der Waals surface area contributed by atoms with Gasteiger partial charge in [-0.3, -0.25) is 0 Å². The lowest BCUT2D eigenvalue weighted by Crippen LogP contribution is -2.40. The minimum Gasteiger partial charge on any atom is -0.489 e. The first-order valence-electron chi connectivity index (χ1n) is 11.6. The number of ether oxygens (including phenoxy) is 1. The van der Waals surface area contributed by atoms with Gasteiger partial charge in [-0.15, -0.1) is 10.2 Å². The molecule has 8 heteroatoms. The quantitative estimate of drug-likeness (QED) is 0.386. The third-order valence-electron chi connectivity index (χ3n) is 6.11. The first-order valence-corrected chi connectivity index (χ1v) is 12.8. The van der Waals surface area contributed by atoms with E-state index in [-0.39, 0.29) is 12.1 Å². The molecule has 1 aliphatic rings. The van der Waals surface area contributed by atoms with E-state index in [2.05, 4.69) is 43.1 Å². The molecule has 1 aliphatic heterocycles. The van der Waals surface area contributed by atoms with E-state index in [0.717, 1.165) is 38.7 Å². The molecule has 1 N–H and O–H groups in total. The predicted molar refractivity (Wildman–Crippen MR) is 137 cm³/mol. The van der Waals surface area contributed by atoms with Crippen molar-refractivity contribution in [2.75, 3.05) is 6.54 Å². The fourth-order valence-corrected chi connectivity index (χ4v) is 5.72. The molecule has 2 aromatic carbocycles. The standard InChI is InChI=1S/C26H30ClN3O3S/c1-14(2)12-22-20-8-7-19(16(5)18(20)10-11-30(22)26(31)32)25-29-28-24(34-25)17-6-9-23(21(27)13-17)33-15(3)4/h6-9,13-15,22H,10-12H2,1-5H3,(H,31,32). The Morgan fingerprint density at radius 2 is 1.94 bits per heavy atom. The molecule has 0 spiro atoms. The highest BCUT2D eigenvalue weighted by Gasteiger charge is 2.32. The van der Waals surface area contributed by atoms with Crippen LogP contribution in [0.25, 0.3) is 21.1 Å². The third-order valence-corrected chi connectivity index (χ3v) is 7.41. The minimum absolute atomic E-state index is 0.0474. The van der Waals surface area contributed by atoms with Gasteiger partial charge >= 0.3 is 6.09 Å². The molecule has 0 saturated heterocycles. The maximum absolute atomic E-state index is 11.9. The van der Waals surface area contributed by atoms with E-state index >= 15 is 0 Å². The smallest absolute Gasteiger partial charge is 0.407 e. The Hall–Kier alpha value is -2.64. The summed E-state index contributed by atoms with van der Waals surface area (Å²) in [5, 5.41) is 20.8. The molecule has 3 aromatic rings. The van der Waals surface area contributed by atoms with E-state index in [9.17, 15) is 9.90 Å². The molecule has 0 bridgehead atoms. The van der Waals surface area contributed by atoms with E-state index in [1.165, 1.54) is 16.9 Å². The van der Waals surface area contributed by atoms with Crippen molar-refractivity contribution in [3.63, 3.8) is 0 Å². The van der Waals surface area contributed by atoms with Gasteiger partial charge in [0.15, 0.2) is 0 Å². The fourth-order valence-electron chi connectivity index (χ4n) is 4.57. The second-order valence-electron chi connectivity index (χ2n) is 9.40. The number of amides is 1. The number of benzene rings is 2. The molecule has 6 nitrogen and oxygen atoms in total. The highest BCUT2D eigenvalue weighted by molar-refractivity contribution is 7.17. The van der Waals surface area contributed by atoms with E-state index in [1.54, 1.807) is 4.90 Å². The van der Waals surface area contributed by atoms with Crippen LogP contribution in [0.2, 0.25) is 5.02 Å². The fraction of sp³-hybridized carbons (Fsp3) is 0.423. The number of carboxylic acid groups (broad SMARTS) is 1. The Bertz CT molecular complexity index is 1210. The first-order chi connectivity index (χ1) is 16.2. The van der Waals surface area contributed by atoms with Gasteiger partial charge in [-0.1, -0.05) is 48.9 Å². The van der Waals surface area contributed by atoms with Crippen molar-refractivity contribution in [2.45, 2.75) is 59.6 Å². The third kappa shape index (κ3) is 4.91. The molecule has 1 aromatic heterocycles. The van der Waals surface area contributed by atoms with Crippen LogP contribution in [0.4, 0.5) is 4.79 Å². The van der Waals surface area contributed by atoms with Crippen molar-refractivity contribution in [1.29, 1.82) is 0 Å². The number of fused-ring (bicyclic) bond motifs is 1. The SMILES string of the molecule is Cc1c(-c2nnc(-c3ccc(OC(C)C)c(Cl)c3)s2)ccc2c1CCN(C(=O)O)C2CC(C)C. The Labute approximate surface area is 209 Å². The van der Waals surface area contributed by atoms with Crippen LogP contribution in [0.1, 0.15) is 56.8 Å². The number of aromatic nitrogens is 2. The molecule has 1 unspecified atom stereocenters. The van der Waals surface area contributed by atoms with E-state index in [1.807, 2.05) is 32.0 Å². The Balaban J connectivity index is 1.66. The average molecular weight is 500 g/mol. The van der Waals surface area contributed by atoms with Crippen LogP contribution < -0.4 is 4.74 Å². The zero-order valence-electron chi connectivity index (χ0n) is 20.1. The zero-order valence-corrected chi connectivity index (χ0v) is 21.7. The number of hydrogen-bond acceptors (Lipinski definition) is 5. The van der Waals surface area contributed by atoms with Gasteiger partial charge in [0, 0.05) is 17.7 Å². The van der Waals surface area contributed by atoms with Gasteiger partial charge < -0.3 is 14.7 Å². The number of rotatable bonds is 6. The van der Waals surface area contributed by atoms with Crippen molar-refractivity contribution in [1.82, 2.24) is 15.1 Å². The van der Waals surface area contributed by atoms with Crippen LogP contribution >= 0.6 is 22.9 Å². The number of nitrogens with zero attached hydrogens (tertiary/aromatic N) is 3. The predicted octanol–water partition coefficient (Wildman–Crippen LogP) is 7.24. The lowest BCUT2D eigenvalue weighted by atomic mass is 9.84. The summed E-state index contributed by atoms with van der Waals surface area (Å²) in [4.78, 5) is 13.4. The summed E-state index contributed by atoms with van der Waals surface area (Å²) in [7, 11) is 0. The summed E-state index contributed by atoms with van der Waals surface area (Å²) in [5.41, 5.74) is 5.43. The Kier molecular flexibility index (Phi) is 7.14. The van der Waals surface area contributed by atoms with Crippen LogP contribution in [0.5, 0.6) is 5.75 Å². The number of halogens is 1. The topological polar surface area (TPSA) is 75.6 Å². The van der Waals surface area contributed by atoms with Crippen molar-refractivity contribution in [3.8, 4) is 26.9 Å². The van der Waals surface area contributed by atoms with Crippen molar-refractivity contribution < 1.29 is 14.6 Å². The summed E-state index contributed by atoms with van der Waals surface area (Å²) in [5.74, 6) is 1.05. The maximum atomic E-state index is 11.9. The van der Waals surface area contributed by atoms with Crippen LogP contribution in [0.3, 0.4) is 0 Å². The van der Waals surface area contributed by atoms with Gasteiger partial charge in [0.05, 0.1) is 17.2 Å². The van der Waals surface area contributed by atoms with Crippen molar-refractivity contribution in [2.24, 2.45) is 5.92 Å². The highest BCUT2D eigenvalue weighted by Crippen LogP contribution is 2.41. The first kappa shape index (κ1) is 24.5. The zero-order chi connectivity index (χ0) is 24.6. The molecule has 0 fully saturated rings. The van der Waals surface area contributed by atoms with E-state index in [4.69, 9.17) is 16.3 Å². The number of carbonyl (C=O) groups is 1. The Morgan fingerprint density at radius 1 is 1.21 bits per heavy atom. The summed E-state index contributed by atoms with van der Waals surface area (Å²) >= 11 is 7.94. The molecule has 0 radical (unpaired) electrons. The Morgan fingerprint density at radius 3 is 2.59 bits per heavy atom. The molecule has 180 valence electrons. The molecule has 0 saturated carbocycles. The van der Waals surface area contributed by atoms with Gasteiger partial charge in [0.25, 0.3) is 0 Å². The monoisotopic (exact) mass is 499 g/mol. The number of hydrogen-bond donors (Lipinski definition) is 1. The normalized spacial score (nSPS) is 15.6. The van der Waals surface area contributed by atoms with Crippen LogP contribution in [-0.2, 0) is 6.42 Å². The van der Waals surface area contributed by atoms with E-state index < -0.39 is 6.09 Å². The average Bonchev–Trinajstić information content (AvgIpc) is 3.25. The van der Waals surface area contributed by atoms with Gasteiger partial charge in [-0.25, -0.2) is 4.79 Å². The molecular weight excluding hydrogens is 470 g/mol. The molecule has 0 aliphatic carbocycles. The van der Waals surface area contributed by atoms with Crippen LogP contribution in [0.15, 0.2) is 30.3 Å². The van der Waals surface area contributed by atoms with Crippen molar-refractivity contribution in [3.05, 3.63) is 52.0 Å². The maximum Gasteiger partial charge on any atom is 0.407 e. The molecule has 34 heavy (non-hydrogen) atoms. The van der Waals surface area contributed by atoms with E-state index in [0.29, 0.717) is 29.7 Å². The molecule has 2 heterocycles. The second kappa shape index (κ2) is 9.92. The van der Waals surface area contributed by atoms with Gasteiger partial charge in [-0.2, -0.15) is 0 Å². The minimum atomic E-state index is -0.852. The lowest BCUT2D eigenvalue weighted by molar-refractivity contribution is 0.113. The molecular formula is C26H30ClN3O3S. The van der Waals surface area contributed by atoms with Crippen molar-refractivity contribution >= 4 is 29.0 Å². The molecule has 1 amide bonds. The second-order valence-corrected chi connectivity index (χ2v) is 10.8. The van der Waals surface area contributed by atoms with Gasteiger partial charge in [0.1, 0.15) is 15.8 Å².